The summed E-state index contributed by atoms with van der Waals surface area (Å²) in [7, 11) is -4.71. The Balaban J connectivity index is 4.18. The van der Waals surface area contributed by atoms with Crippen molar-refractivity contribution in [2.24, 2.45) is 5.73 Å². The fraction of sp³-hybridized carbons (Fsp3) is 0.938. The van der Waals surface area contributed by atoms with Crippen LogP contribution in [0.5, 0.6) is 0 Å². The highest BCUT2D eigenvalue weighted by molar-refractivity contribution is 7.47. The van der Waals surface area contributed by atoms with E-state index in [9.17, 15) is 23.8 Å². The Bertz CT molecular complexity index is 1030. The summed E-state index contributed by atoms with van der Waals surface area (Å²) in [6.07, 6.45) is 44.5. The van der Waals surface area contributed by atoms with E-state index in [1.807, 2.05) is 0 Å². The van der Waals surface area contributed by atoms with Crippen LogP contribution in [0, 0.1) is 0 Å². The highest BCUT2D eigenvalue weighted by Crippen LogP contribution is 2.43. The van der Waals surface area contributed by atoms with Crippen molar-refractivity contribution in [1.29, 1.82) is 0 Å². The number of carbonyl (C=O) groups excluding carboxylic acids is 2. The number of hydrogen-bond acceptors (Lipinski definition) is 9. The van der Waals surface area contributed by atoms with E-state index in [2.05, 4.69) is 18.4 Å². The topological polar surface area (TPSA) is 172 Å². The monoisotopic (exact) mass is 876 g/mol. The van der Waals surface area contributed by atoms with Gasteiger partial charge in [-0.3, -0.25) is 23.4 Å². The molecular weight excluding hydrogens is 781 g/mol. The Morgan fingerprint density at radius 3 is 1.05 bits per heavy atom. The van der Waals surface area contributed by atoms with E-state index in [0.29, 0.717) is 12.8 Å². The van der Waals surface area contributed by atoms with Crippen molar-refractivity contribution in [3.05, 3.63) is 0 Å². The first-order valence-electron chi connectivity index (χ1n) is 25.1. The van der Waals surface area contributed by atoms with E-state index in [1.165, 1.54) is 180 Å². The second-order valence-corrected chi connectivity index (χ2v) is 18.8. The number of rotatable bonds is 48. The van der Waals surface area contributed by atoms with Gasteiger partial charge < -0.3 is 25.2 Å². The van der Waals surface area contributed by atoms with Crippen LogP contribution in [-0.2, 0) is 37.5 Å². The molecule has 1 unspecified atom stereocenters. The molecule has 0 saturated carbocycles. The van der Waals surface area contributed by atoms with Gasteiger partial charge in [0.1, 0.15) is 12.6 Å². The van der Waals surface area contributed by atoms with Gasteiger partial charge in [-0.15, -0.1) is 0 Å². The van der Waals surface area contributed by atoms with Crippen LogP contribution in [-0.4, -0.2) is 59.9 Å². The summed E-state index contributed by atoms with van der Waals surface area (Å²) in [6.45, 7) is 2.86. The smallest absolute Gasteiger partial charge is 0.472 e. The van der Waals surface area contributed by atoms with E-state index in [0.717, 1.165) is 38.5 Å². The van der Waals surface area contributed by atoms with Crippen molar-refractivity contribution in [1.82, 2.24) is 0 Å². The number of aliphatic carboxylic acids is 1. The molecule has 12 heteroatoms. The first-order chi connectivity index (χ1) is 29.1. The average molecular weight is 876 g/mol. The lowest BCUT2D eigenvalue weighted by atomic mass is 10.0. The van der Waals surface area contributed by atoms with Gasteiger partial charge in [-0.05, 0) is 12.8 Å². The van der Waals surface area contributed by atoms with Gasteiger partial charge in [0.15, 0.2) is 6.10 Å². The summed E-state index contributed by atoms with van der Waals surface area (Å²) < 4.78 is 32.8. The van der Waals surface area contributed by atoms with Gasteiger partial charge >= 0.3 is 25.7 Å². The van der Waals surface area contributed by atoms with Crippen LogP contribution < -0.4 is 5.73 Å². The third-order valence-corrected chi connectivity index (χ3v) is 12.3. The van der Waals surface area contributed by atoms with Crippen LogP contribution in [0.25, 0.3) is 0 Å². The number of carboxylic acids is 1. The third kappa shape index (κ3) is 43.1. The van der Waals surface area contributed by atoms with E-state index in [-0.39, 0.29) is 19.4 Å². The Kier molecular flexibility index (Phi) is 43.0. The number of unbranched alkanes of at least 4 members (excludes halogenated alkanes) is 34. The molecule has 356 valence electrons. The third-order valence-electron chi connectivity index (χ3n) is 11.4. The summed E-state index contributed by atoms with van der Waals surface area (Å²) in [5, 5.41) is 8.91. The fourth-order valence-electron chi connectivity index (χ4n) is 7.42. The second kappa shape index (κ2) is 44.1. The van der Waals surface area contributed by atoms with Gasteiger partial charge in [0.2, 0.25) is 0 Å². The largest absolute Gasteiger partial charge is 0.480 e. The number of nitrogens with two attached hydrogens (primary N) is 1. The Morgan fingerprint density at radius 2 is 0.733 bits per heavy atom. The number of phosphoric acid groups is 1. The molecule has 11 nitrogen and oxygen atoms in total. The molecule has 0 aromatic heterocycles. The highest BCUT2D eigenvalue weighted by atomic mass is 31.2. The van der Waals surface area contributed by atoms with Crippen LogP contribution >= 0.6 is 7.82 Å². The number of ether oxygens (including phenoxy) is 2. The molecule has 0 radical (unpaired) electrons. The van der Waals surface area contributed by atoms with E-state index in [4.69, 9.17) is 24.8 Å². The molecule has 0 rings (SSSR count). The lowest BCUT2D eigenvalue weighted by Crippen LogP contribution is -2.34. The Hall–Kier alpha value is -1.52. The highest BCUT2D eigenvalue weighted by Gasteiger charge is 2.28. The Labute approximate surface area is 367 Å². The molecule has 0 aliphatic heterocycles. The first-order valence-corrected chi connectivity index (χ1v) is 26.6. The van der Waals surface area contributed by atoms with Gasteiger partial charge in [-0.2, -0.15) is 0 Å². The zero-order chi connectivity index (χ0) is 44.2. The van der Waals surface area contributed by atoms with Gasteiger partial charge in [0.05, 0.1) is 13.2 Å². The van der Waals surface area contributed by atoms with Crippen LogP contribution in [0.4, 0.5) is 0 Å². The molecule has 3 atom stereocenters. The zero-order valence-corrected chi connectivity index (χ0v) is 39.7. The number of carbonyl (C=O) groups is 3. The van der Waals surface area contributed by atoms with Crippen molar-refractivity contribution >= 4 is 25.7 Å². The van der Waals surface area contributed by atoms with Crippen LogP contribution in [0.1, 0.15) is 258 Å². The summed E-state index contributed by atoms with van der Waals surface area (Å²) in [4.78, 5) is 46.1. The normalized spacial score (nSPS) is 13.5. The Morgan fingerprint density at radius 1 is 0.450 bits per heavy atom. The molecular formula is C48H94NO10P. The van der Waals surface area contributed by atoms with Crippen molar-refractivity contribution in [3.8, 4) is 0 Å². The number of hydrogen-bond donors (Lipinski definition) is 3. The summed E-state index contributed by atoms with van der Waals surface area (Å²) in [5.74, 6) is -2.35. The SMILES string of the molecule is CCCCCCCCCCCCCCCCCCCCCCCCC(=O)O[C@@H](COC(=O)CCCCCCCCCCCCCCCC)COP(=O)(O)OC[C@H](N)C(=O)O. The van der Waals surface area contributed by atoms with Crippen molar-refractivity contribution in [2.75, 3.05) is 19.8 Å². The van der Waals surface area contributed by atoms with E-state index in [1.54, 1.807) is 0 Å². The maximum atomic E-state index is 12.7. The predicted molar refractivity (Wildman–Crippen MR) is 245 cm³/mol. The second-order valence-electron chi connectivity index (χ2n) is 17.3. The molecule has 0 aromatic carbocycles. The molecule has 0 bridgehead atoms. The number of carboxylic acid groups (broad SMARTS) is 1. The average Bonchev–Trinajstić information content (AvgIpc) is 3.22. The quantitative estimate of drug-likeness (QED) is 0.0302. The standard InChI is InChI=1S/C48H94NO10P/c1-3-5-7-9-11-13-15-17-19-20-21-22-23-24-25-26-28-30-32-34-36-38-40-47(51)59-44(42-57-60(54,55)58-43-45(49)48(52)53)41-56-46(50)39-37-35-33-31-29-27-18-16-14-12-10-8-6-4-2/h44-45H,3-43,49H2,1-2H3,(H,52,53)(H,54,55)/t44-,45-/m0/s1. The first kappa shape index (κ1) is 58.5. The van der Waals surface area contributed by atoms with Crippen LogP contribution in [0.3, 0.4) is 0 Å². The lowest BCUT2D eigenvalue weighted by Gasteiger charge is -2.20. The van der Waals surface area contributed by atoms with Crippen molar-refractivity contribution in [2.45, 2.75) is 270 Å². The molecule has 0 aromatic rings. The molecule has 0 spiro atoms. The minimum Gasteiger partial charge on any atom is -0.480 e. The van der Waals surface area contributed by atoms with E-state index < -0.39 is 51.1 Å². The summed E-state index contributed by atoms with van der Waals surface area (Å²) >= 11 is 0. The van der Waals surface area contributed by atoms with Gasteiger partial charge in [-0.25, -0.2) is 4.57 Å². The zero-order valence-electron chi connectivity index (χ0n) is 38.8. The maximum Gasteiger partial charge on any atom is 0.472 e. The minimum atomic E-state index is -4.71. The van der Waals surface area contributed by atoms with Gasteiger partial charge in [0, 0.05) is 12.8 Å². The number of phosphoric ester groups is 1. The molecule has 0 aliphatic rings. The predicted octanol–water partition coefficient (Wildman–Crippen LogP) is 13.9. The minimum absolute atomic E-state index is 0.170. The van der Waals surface area contributed by atoms with Crippen LogP contribution in [0.2, 0.25) is 0 Å². The summed E-state index contributed by atoms with van der Waals surface area (Å²) in [6, 6.07) is -1.52. The molecule has 0 saturated heterocycles. The van der Waals surface area contributed by atoms with Crippen LogP contribution in [0.15, 0.2) is 0 Å². The van der Waals surface area contributed by atoms with Gasteiger partial charge in [0.25, 0.3) is 0 Å². The van der Waals surface area contributed by atoms with Crippen molar-refractivity contribution < 1.29 is 47.5 Å². The molecule has 0 aliphatic carbocycles. The van der Waals surface area contributed by atoms with Gasteiger partial charge in [-0.1, -0.05) is 232 Å². The number of esters is 2. The van der Waals surface area contributed by atoms with Crippen molar-refractivity contribution in [3.63, 3.8) is 0 Å². The molecule has 0 fully saturated rings. The molecule has 0 amide bonds. The maximum absolute atomic E-state index is 12.7. The summed E-state index contributed by atoms with van der Waals surface area (Å²) in [5.41, 5.74) is 5.35. The fourth-order valence-corrected chi connectivity index (χ4v) is 8.20. The molecule has 60 heavy (non-hydrogen) atoms. The lowest BCUT2D eigenvalue weighted by molar-refractivity contribution is -0.161. The van der Waals surface area contributed by atoms with E-state index >= 15 is 0 Å². The molecule has 0 heterocycles. The molecule has 4 N–H and O–H groups in total.